The van der Waals surface area contributed by atoms with E-state index in [0.29, 0.717) is 0 Å². The molecule has 1 N–H and O–H groups in total. The first-order valence-electron chi connectivity index (χ1n) is 2.81. The van der Waals surface area contributed by atoms with Crippen molar-refractivity contribution >= 4 is 0 Å². The van der Waals surface area contributed by atoms with Gasteiger partial charge in [0.15, 0.2) is 0 Å². The second-order valence-electron chi connectivity index (χ2n) is 1.84. The third kappa shape index (κ3) is 1.25. The van der Waals surface area contributed by atoms with Crippen LogP contribution in [-0.4, -0.2) is 4.98 Å². The van der Waals surface area contributed by atoms with E-state index in [9.17, 15) is 4.79 Å². The number of nitrogens with one attached hydrogen (secondary N) is 1. The van der Waals surface area contributed by atoms with Crippen molar-refractivity contribution in [1.29, 1.82) is 10.5 Å². The van der Waals surface area contributed by atoms with Crippen LogP contribution in [0.4, 0.5) is 0 Å². The molecule has 0 spiro atoms. The Morgan fingerprint density at radius 2 is 2.00 bits per heavy atom. The Labute approximate surface area is 62.3 Å². The van der Waals surface area contributed by atoms with Crippen molar-refractivity contribution in [2.45, 2.75) is 0 Å². The van der Waals surface area contributed by atoms with E-state index >= 15 is 0 Å². The van der Waals surface area contributed by atoms with Gasteiger partial charge in [0.25, 0.3) is 5.56 Å². The number of aromatic amines is 1. The monoisotopic (exact) mass is 145 g/mol. The number of aromatic nitrogens is 1. The lowest BCUT2D eigenvalue weighted by Gasteiger charge is -1.87. The SMILES string of the molecule is N#Cc1ccc(C#N)c(=O)[nH]1. The van der Waals surface area contributed by atoms with Crippen molar-refractivity contribution in [1.82, 2.24) is 4.98 Å². The molecule has 0 aliphatic heterocycles. The van der Waals surface area contributed by atoms with Gasteiger partial charge in [0.2, 0.25) is 0 Å². The maximum Gasteiger partial charge on any atom is 0.266 e. The van der Waals surface area contributed by atoms with E-state index < -0.39 is 5.56 Å². The lowest BCUT2D eigenvalue weighted by Crippen LogP contribution is -2.10. The Morgan fingerprint density at radius 3 is 2.45 bits per heavy atom. The molecule has 0 amide bonds. The van der Waals surface area contributed by atoms with Gasteiger partial charge in [-0.2, -0.15) is 10.5 Å². The summed E-state index contributed by atoms with van der Waals surface area (Å²) >= 11 is 0. The Kier molecular flexibility index (Phi) is 1.71. The van der Waals surface area contributed by atoms with Gasteiger partial charge in [-0.25, -0.2) is 0 Å². The maximum atomic E-state index is 10.8. The minimum atomic E-state index is -0.522. The molecule has 52 valence electrons. The lowest BCUT2D eigenvalue weighted by atomic mass is 10.3. The predicted octanol–water partition coefficient (Wildman–Crippen LogP) is 0.118. The molecule has 1 aromatic heterocycles. The van der Waals surface area contributed by atoms with Gasteiger partial charge in [-0.1, -0.05) is 0 Å². The Hall–Kier alpha value is -2.07. The predicted molar refractivity (Wildman–Crippen MR) is 36.5 cm³/mol. The number of nitrogens with zero attached hydrogens (tertiary/aromatic N) is 2. The summed E-state index contributed by atoms with van der Waals surface area (Å²) in [5.74, 6) is 0. The minimum absolute atomic E-state index is 0.0176. The fraction of sp³-hybridized carbons (Fsp3) is 0. The topological polar surface area (TPSA) is 80.4 Å². The van der Waals surface area contributed by atoms with Gasteiger partial charge in [-0.15, -0.1) is 0 Å². The van der Waals surface area contributed by atoms with Gasteiger partial charge in [0, 0.05) is 0 Å². The summed E-state index contributed by atoms with van der Waals surface area (Å²) < 4.78 is 0. The number of pyridine rings is 1. The van der Waals surface area contributed by atoms with Crippen LogP contribution in [0.3, 0.4) is 0 Å². The van der Waals surface area contributed by atoms with Crippen LogP contribution in [0, 0.1) is 22.7 Å². The van der Waals surface area contributed by atoms with Crippen molar-refractivity contribution in [2.75, 3.05) is 0 Å². The van der Waals surface area contributed by atoms with Crippen LogP contribution < -0.4 is 5.56 Å². The van der Waals surface area contributed by atoms with E-state index in [2.05, 4.69) is 4.98 Å². The lowest BCUT2D eigenvalue weighted by molar-refractivity contribution is 1.17. The van der Waals surface area contributed by atoms with E-state index in [1.165, 1.54) is 12.1 Å². The van der Waals surface area contributed by atoms with Gasteiger partial charge < -0.3 is 4.98 Å². The molecule has 1 heterocycles. The quantitative estimate of drug-likeness (QED) is 0.562. The summed E-state index contributed by atoms with van der Waals surface area (Å²) in [6.45, 7) is 0. The van der Waals surface area contributed by atoms with Crippen LogP contribution in [-0.2, 0) is 0 Å². The molecule has 0 unspecified atom stereocenters. The average Bonchev–Trinajstić information content (AvgIpc) is 2.04. The largest absolute Gasteiger partial charge is 0.313 e. The second-order valence-corrected chi connectivity index (χ2v) is 1.84. The molecule has 0 aliphatic carbocycles. The first kappa shape index (κ1) is 7.04. The van der Waals surface area contributed by atoms with E-state index in [1.54, 1.807) is 12.1 Å². The number of H-pyrrole nitrogens is 1. The van der Waals surface area contributed by atoms with E-state index in [0.717, 1.165) is 0 Å². The standard InChI is InChI=1S/C7H3N3O/c8-3-5-1-2-6(4-9)10-7(5)11/h1-2H,(H,10,11). The highest BCUT2D eigenvalue weighted by molar-refractivity contribution is 5.30. The highest BCUT2D eigenvalue weighted by atomic mass is 16.1. The molecule has 0 aliphatic rings. The number of rotatable bonds is 0. The molecule has 4 heteroatoms. The first-order valence-corrected chi connectivity index (χ1v) is 2.81. The van der Waals surface area contributed by atoms with Crippen molar-refractivity contribution < 1.29 is 0 Å². The molecule has 0 aromatic carbocycles. The summed E-state index contributed by atoms with van der Waals surface area (Å²) in [6, 6.07) is 6.15. The summed E-state index contributed by atoms with van der Waals surface area (Å²) in [6.07, 6.45) is 0. The molecule has 0 bridgehead atoms. The summed E-state index contributed by atoms with van der Waals surface area (Å²) in [5.41, 5.74) is -0.343. The van der Waals surface area contributed by atoms with Gasteiger partial charge >= 0.3 is 0 Å². The van der Waals surface area contributed by atoms with Gasteiger partial charge in [-0.3, -0.25) is 4.79 Å². The van der Waals surface area contributed by atoms with Crippen LogP contribution in [0.2, 0.25) is 0 Å². The molecule has 0 fully saturated rings. The van der Waals surface area contributed by atoms with Crippen LogP contribution in [0.1, 0.15) is 11.3 Å². The van der Waals surface area contributed by atoms with E-state index in [1.807, 2.05) is 0 Å². The second kappa shape index (κ2) is 2.68. The molecule has 0 saturated heterocycles. The first-order chi connectivity index (χ1) is 5.27. The highest BCUT2D eigenvalue weighted by Gasteiger charge is 1.97. The molecule has 0 atom stereocenters. The van der Waals surface area contributed by atoms with Gasteiger partial charge in [-0.05, 0) is 12.1 Å². The summed E-state index contributed by atoms with van der Waals surface area (Å²) in [4.78, 5) is 13.0. The third-order valence-electron chi connectivity index (χ3n) is 1.15. The van der Waals surface area contributed by atoms with Gasteiger partial charge in [0.1, 0.15) is 23.4 Å². The Morgan fingerprint density at radius 1 is 1.27 bits per heavy atom. The van der Waals surface area contributed by atoms with Crippen LogP contribution in [0.5, 0.6) is 0 Å². The van der Waals surface area contributed by atoms with Crippen molar-refractivity contribution in [3.63, 3.8) is 0 Å². The molecule has 4 nitrogen and oxygen atoms in total. The van der Waals surface area contributed by atoms with Gasteiger partial charge in [0.05, 0.1) is 0 Å². The Bertz CT molecular complexity index is 405. The minimum Gasteiger partial charge on any atom is -0.313 e. The van der Waals surface area contributed by atoms with Crippen molar-refractivity contribution in [3.8, 4) is 12.1 Å². The maximum absolute atomic E-state index is 10.8. The molecule has 1 rings (SSSR count). The summed E-state index contributed by atoms with van der Waals surface area (Å²) in [7, 11) is 0. The number of hydrogen-bond acceptors (Lipinski definition) is 3. The fourth-order valence-electron chi connectivity index (χ4n) is 0.627. The van der Waals surface area contributed by atoms with Crippen molar-refractivity contribution in [3.05, 3.63) is 33.7 Å². The molecule has 1 aromatic rings. The molecule has 0 radical (unpaired) electrons. The number of hydrogen-bond donors (Lipinski definition) is 1. The van der Waals surface area contributed by atoms with E-state index in [-0.39, 0.29) is 11.3 Å². The van der Waals surface area contributed by atoms with Crippen LogP contribution >= 0.6 is 0 Å². The zero-order valence-electron chi connectivity index (χ0n) is 5.46. The zero-order valence-corrected chi connectivity index (χ0v) is 5.46. The van der Waals surface area contributed by atoms with E-state index in [4.69, 9.17) is 10.5 Å². The highest BCUT2D eigenvalue weighted by Crippen LogP contribution is 1.90. The van der Waals surface area contributed by atoms with Crippen LogP contribution in [0.25, 0.3) is 0 Å². The molecular formula is C7H3N3O. The smallest absolute Gasteiger partial charge is 0.266 e. The molecular weight excluding hydrogens is 142 g/mol. The number of nitriles is 2. The van der Waals surface area contributed by atoms with Crippen LogP contribution in [0.15, 0.2) is 16.9 Å². The average molecular weight is 145 g/mol. The van der Waals surface area contributed by atoms with Crippen molar-refractivity contribution in [2.24, 2.45) is 0 Å². The normalized spacial score (nSPS) is 8.18. The fourth-order valence-corrected chi connectivity index (χ4v) is 0.627. The summed E-state index contributed by atoms with van der Waals surface area (Å²) in [5, 5.41) is 16.7. The third-order valence-corrected chi connectivity index (χ3v) is 1.15. The molecule has 11 heavy (non-hydrogen) atoms. The molecule has 0 saturated carbocycles. The Balaban J connectivity index is 3.38. The zero-order chi connectivity index (χ0) is 8.27.